The first-order valence-electron chi connectivity index (χ1n) is 7.18. The molecule has 0 amide bonds. The molecule has 2 aliphatic rings. The molecule has 3 heteroatoms. The monoisotopic (exact) mass is 257 g/mol. The Labute approximate surface area is 110 Å². The van der Waals surface area contributed by atoms with Crippen molar-refractivity contribution in [3.8, 4) is 0 Å². The minimum atomic E-state index is 0.299. The molecule has 1 saturated heterocycles. The molecule has 2 atom stereocenters. The lowest BCUT2D eigenvalue weighted by Crippen LogP contribution is -2.38. The number of nitrogens with one attached hydrogen (secondary N) is 1. The average molecular weight is 257 g/mol. The molecule has 2 rings (SSSR count). The molecular formula is C14H27NOS. The Hall–Kier alpha value is 0.270. The van der Waals surface area contributed by atoms with E-state index in [-0.39, 0.29) is 0 Å². The van der Waals surface area contributed by atoms with Crippen molar-refractivity contribution in [3.63, 3.8) is 0 Å². The maximum Gasteiger partial charge on any atom is 0.0708 e. The number of hydrogen-bond acceptors (Lipinski definition) is 3. The van der Waals surface area contributed by atoms with E-state index in [0.29, 0.717) is 17.7 Å². The van der Waals surface area contributed by atoms with Gasteiger partial charge in [-0.25, -0.2) is 0 Å². The fraction of sp³-hybridized carbons (Fsp3) is 1.00. The lowest BCUT2D eigenvalue weighted by molar-refractivity contribution is -0.0357. The average Bonchev–Trinajstić information content (AvgIpc) is 2.96. The van der Waals surface area contributed by atoms with E-state index < -0.39 is 0 Å². The molecule has 100 valence electrons. The van der Waals surface area contributed by atoms with Gasteiger partial charge in [-0.05, 0) is 38.4 Å². The minimum Gasteiger partial charge on any atom is -0.370 e. The summed E-state index contributed by atoms with van der Waals surface area (Å²) in [7, 11) is 0. The highest BCUT2D eigenvalue weighted by Crippen LogP contribution is 2.43. The van der Waals surface area contributed by atoms with Gasteiger partial charge in [-0.2, -0.15) is 11.8 Å². The topological polar surface area (TPSA) is 21.3 Å². The Morgan fingerprint density at radius 1 is 1.35 bits per heavy atom. The largest absolute Gasteiger partial charge is 0.370 e. The molecule has 0 aromatic heterocycles. The molecule has 17 heavy (non-hydrogen) atoms. The molecule has 2 nitrogen and oxygen atoms in total. The van der Waals surface area contributed by atoms with Crippen LogP contribution in [0.3, 0.4) is 0 Å². The summed E-state index contributed by atoms with van der Waals surface area (Å²) in [5.74, 6) is 1.22. The predicted molar refractivity (Wildman–Crippen MR) is 75.8 cm³/mol. The third-order valence-corrected chi connectivity index (χ3v) is 5.08. The van der Waals surface area contributed by atoms with Crippen LogP contribution in [-0.2, 0) is 4.74 Å². The molecule has 2 unspecified atom stereocenters. The van der Waals surface area contributed by atoms with Gasteiger partial charge in [0, 0.05) is 18.3 Å². The first-order valence-corrected chi connectivity index (χ1v) is 8.57. The molecule has 0 bridgehead atoms. The highest BCUT2D eigenvalue weighted by atomic mass is 32.2. The standard InChI is InChI=1S/C14H27NOS/c1-3-12(11-17-2)15-10-13-6-9-14(16-13)7-4-5-8-14/h12-13,15H,3-11H2,1-2H3. The molecule has 0 radical (unpaired) electrons. The molecule has 1 spiro atoms. The fourth-order valence-corrected chi connectivity index (χ4v) is 4.00. The number of rotatable bonds is 6. The second-order valence-corrected chi connectivity index (χ2v) is 6.55. The zero-order valence-electron chi connectivity index (χ0n) is 11.3. The van der Waals surface area contributed by atoms with Gasteiger partial charge < -0.3 is 10.1 Å². The van der Waals surface area contributed by atoms with E-state index >= 15 is 0 Å². The van der Waals surface area contributed by atoms with Gasteiger partial charge in [0.1, 0.15) is 0 Å². The van der Waals surface area contributed by atoms with Crippen LogP contribution in [0.1, 0.15) is 51.9 Å². The Morgan fingerprint density at radius 3 is 2.76 bits per heavy atom. The summed E-state index contributed by atoms with van der Waals surface area (Å²) in [5, 5.41) is 3.67. The lowest BCUT2D eigenvalue weighted by Gasteiger charge is -2.25. The van der Waals surface area contributed by atoms with Gasteiger partial charge >= 0.3 is 0 Å². The van der Waals surface area contributed by atoms with E-state index in [0.717, 1.165) is 6.54 Å². The molecule has 1 aliphatic carbocycles. The van der Waals surface area contributed by atoms with E-state index in [4.69, 9.17) is 4.74 Å². The van der Waals surface area contributed by atoms with Crippen LogP contribution in [0.2, 0.25) is 0 Å². The SMILES string of the molecule is CCC(CSC)NCC1CCC2(CCCC2)O1. The zero-order valence-corrected chi connectivity index (χ0v) is 12.2. The van der Waals surface area contributed by atoms with Gasteiger partial charge in [-0.3, -0.25) is 0 Å². The second kappa shape index (κ2) is 6.44. The lowest BCUT2D eigenvalue weighted by atomic mass is 9.98. The molecular weight excluding hydrogens is 230 g/mol. The van der Waals surface area contributed by atoms with E-state index in [1.54, 1.807) is 0 Å². The maximum atomic E-state index is 6.31. The first-order chi connectivity index (χ1) is 8.28. The predicted octanol–water partition coefficient (Wildman–Crippen LogP) is 3.21. The number of hydrogen-bond donors (Lipinski definition) is 1. The normalized spacial score (nSPS) is 28.9. The quantitative estimate of drug-likeness (QED) is 0.789. The van der Waals surface area contributed by atoms with Gasteiger partial charge in [0.15, 0.2) is 0 Å². The van der Waals surface area contributed by atoms with Crippen LogP contribution < -0.4 is 5.32 Å². The Kier molecular flexibility index (Phi) is 5.19. The van der Waals surface area contributed by atoms with Crippen molar-refractivity contribution in [2.45, 2.75) is 69.6 Å². The summed E-state index contributed by atoms with van der Waals surface area (Å²) in [6.07, 6.45) is 11.8. The van der Waals surface area contributed by atoms with Crippen molar-refractivity contribution >= 4 is 11.8 Å². The number of thioether (sulfide) groups is 1. The van der Waals surface area contributed by atoms with Crippen LogP contribution in [-0.4, -0.2) is 36.3 Å². The molecule has 2 fully saturated rings. The van der Waals surface area contributed by atoms with Crippen LogP contribution in [0.25, 0.3) is 0 Å². The van der Waals surface area contributed by atoms with Crippen molar-refractivity contribution in [2.75, 3.05) is 18.6 Å². The smallest absolute Gasteiger partial charge is 0.0708 e. The fourth-order valence-electron chi connectivity index (χ4n) is 3.25. The highest BCUT2D eigenvalue weighted by molar-refractivity contribution is 7.98. The van der Waals surface area contributed by atoms with Crippen molar-refractivity contribution < 1.29 is 4.74 Å². The van der Waals surface area contributed by atoms with Gasteiger partial charge in [0.2, 0.25) is 0 Å². The Balaban J connectivity index is 1.70. The van der Waals surface area contributed by atoms with Crippen molar-refractivity contribution in [3.05, 3.63) is 0 Å². The molecule has 1 saturated carbocycles. The summed E-state index contributed by atoms with van der Waals surface area (Å²) in [5.41, 5.74) is 0.299. The van der Waals surface area contributed by atoms with E-state index in [2.05, 4.69) is 18.5 Å². The molecule has 1 N–H and O–H groups in total. The Morgan fingerprint density at radius 2 is 2.12 bits per heavy atom. The van der Waals surface area contributed by atoms with Crippen molar-refractivity contribution in [1.29, 1.82) is 0 Å². The zero-order chi connectivity index (χ0) is 12.1. The molecule has 1 aliphatic heterocycles. The van der Waals surface area contributed by atoms with Gasteiger partial charge in [0.05, 0.1) is 11.7 Å². The van der Waals surface area contributed by atoms with E-state index in [1.807, 2.05) is 11.8 Å². The van der Waals surface area contributed by atoms with Crippen LogP contribution in [0.4, 0.5) is 0 Å². The maximum absolute atomic E-state index is 6.31. The van der Waals surface area contributed by atoms with Crippen molar-refractivity contribution in [2.24, 2.45) is 0 Å². The highest BCUT2D eigenvalue weighted by Gasteiger charge is 2.41. The third kappa shape index (κ3) is 3.62. The summed E-state index contributed by atoms with van der Waals surface area (Å²) in [6, 6.07) is 0.661. The molecule has 0 aromatic rings. The van der Waals surface area contributed by atoms with Gasteiger partial charge in [-0.15, -0.1) is 0 Å². The molecule has 1 heterocycles. The van der Waals surface area contributed by atoms with Crippen LogP contribution in [0.5, 0.6) is 0 Å². The van der Waals surface area contributed by atoms with E-state index in [9.17, 15) is 0 Å². The van der Waals surface area contributed by atoms with Gasteiger partial charge in [0.25, 0.3) is 0 Å². The van der Waals surface area contributed by atoms with Gasteiger partial charge in [-0.1, -0.05) is 19.8 Å². The summed E-state index contributed by atoms with van der Waals surface area (Å²) in [4.78, 5) is 0. The second-order valence-electron chi connectivity index (χ2n) is 5.64. The summed E-state index contributed by atoms with van der Waals surface area (Å²) in [6.45, 7) is 3.32. The first kappa shape index (κ1) is 13.7. The summed E-state index contributed by atoms with van der Waals surface area (Å²) >= 11 is 1.93. The minimum absolute atomic E-state index is 0.299. The van der Waals surface area contributed by atoms with E-state index in [1.165, 1.54) is 50.7 Å². The van der Waals surface area contributed by atoms with Crippen LogP contribution in [0.15, 0.2) is 0 Å². The van der Waals surface area contributed by atoms with Crippen LogP contribution >= 0.6 is 11.8 Å². The van der Waals surface area contributed by atoms with Crippen LogP contribution in [0, 0.1) is 0 Å². The number of ether oxygens (including phenoxy) is 1. The van der Waals surface area contributed by atoms with Crippen molar-refractivity contribution in [1.82, 2.24) is 5.32 Å². The third-order valence-electron chi connectivity index (χ3n) is 4.35. The summed E-state index contributed by atoms with van der Waals surface area (Å²) < 4.78 is 6.31. The Bertz CT molecular complexity index is 228. The molecule has 0 aromatic carbocycles.